The molecule has 0 fully saturated rings. The molecule has 0 spiro atoms. The second-order valence-corrected chi connectivity index (χ2v) is 5.06. The molecule has 2 aromatic carbocycles. The highest BCUT2D eigenvalue weighted by atomic mass is 35.5. The molecule has 6 heteroatoms. The Bertz CT molecular complexity index is 667. The first-order valence-electron chi connectivity index (χ1n) is 6.01. The molecule has 0 saturated carbocycles. The second kappa shape index (κ2) is 5.66. The number of halogens is 5. The number of aliphatic hydroxyl groups is 1. The van der Waals surface area contributed by atoms with Gasteiger partial charge in [-0.15, -0.1) is 0 Å². The van der Waals surface area contributed by atoms with Crippen molar-refractivity contribution in [3.63, 3.8) is 0 Å². The van der Waals surface area contributed by atoms with Gasteiger partial charge in [0.1, 0.15) is 11.9 Å². The Morgan fingerprint density at radius 2 is 1.62 bits per heavy atom. The van der Waals surface area contributed by atoms with E-state index >= 15 is 0 Å². The van der Waals surface area contributed by atoms with Crippen molar-refractivity contribution in [1.82, 2.24) is 0 Å². The zero-order valence-corrected chi connectivity index (χ0v) is 11.6. The lowest BCUT2D eigenvalue weighted by Crippen LogP contribution is -2.10. The van der Waals surface area contributed by atoms with Gasteiger partial charge in [0.2, 0.25) is 0 Å². The molecular weight excluding hydrogens is 308 g/mol. The van der Waals surface area contributed by atoms with Gasteiger partial charge in [-0.1, -0.05) is 29.8 Å². The topological polar surface area (TPSA) is 20.2 Å². The molecule has 0 aliphatic heterocycles. The van der Waals surface area contributed by atoms with Crippen molar-refractivity contribution in [3.8, 4) is 0 Å². The van der Waals surface area contributed by atoms with Crippen LogP contribution in [0.1, 0.15) is 28.4 Å². The van der Waals surface area contributed by atoms with Crippen molar-refractivity contribution in [1.29, 1.82) is 0 Å². The van der Waals surface area contributed by atoms with Crippen LogP contribution in [-0.4, -0.2) is 5.11 Å². The number of rotatable bonds is 2. The summed E-state index contributed by atoms with van der Waals surface area (Å²) in [6.45, 7) is 1.76. The smallest absolute Gasteiger partial charge is 0.384 e. The van der Waals surface area contributed by atoms with E-state index in [4.69, 9.17) is 11.6 Å². The molecule has 1 nitrogen and oxygen atoms in total. The molecule has 0 aliphatic rings. The third-order valence-corrected chi connectivity index (χ3v) is 3.53. The van der Waals surface area contributed by atoms with Gasteiger partial charge in [-0.05, 0) is 41.8 Å². The summed E-state index contributed by atoms with van der Waals surface area (Å²) in [5.41, 5.74) is -0.339. The molecule has 112 valence electrons. The van der Waals surface area contributed by atoms with E-state index in [2.05, 4.69) is 0 Å². The van der Waals surface area contributed by atoms with Crippen molar-refractivity contribution < 1.29 is 22.7 Å². The predicted octanol–water partition coefficient (Wildman–Crippen LogP) is 4.89. The molecule has 0 amide bonds. The maximum Gasteiger partial charge on any atom is 0.419 e. The highest BCUT2D eigenvalue weighted by molar-refractivity contribution is 6.31. The summed E-state index contributed by atoms with van der Waals surface area (Å²) in [7, 11) is 0. The molecule has 21 heavy (non-hydrogen) atoms. The Morgan fingerprint density at radius 3 is 2.19 bits per heavy atom. The van der Waals surface area contributed by atoms with Crippen LogP contribution in [0.4, 0.5) is 17.6 Å². The summed E-state index contributed by atoms with van der Waals surface area (Å²) in [5.74, 6) is -1.37. The lowest BCUT2D eigenvalue weighted by atomic mass is 9.98. The van der Waals surface area contributed by atoms with Crippen LogP contribution in [0.25, 0.3) is 0 Å². The molecule has 0 aliphatic carbocycles. The summed E-state index contributed by atoms with van der Waals surface area (Å²) in [6.07, 6.45) is -6.13. The molecular formula is C15H11ClF4O. The molecule has 0 heterocycles. The zero-order chi connectivity index (χ0) is 15.8. The Labute approximate surface area is 123 Å². The Morgan fingerprint density at radius 1 is 1.05 bits per heavy atom. The number of alkyl halides is 3. The summed E-state index contributed by atoms with van der Waals surface area (Å²) >= 11 is 5.92. The molecule has 0 bridgehead atoms. The lowest BCUT2D eigenvalue weighted by Gasteiger charge is -2.15. The number of hydrogen-bond acceptors (Lipinski definition) is 1. The first kappa shape index (κ1) is 15.8. The number of hydrogen-bond donors (Lipinski definition) is 1. The van der Waals surface area contributed by atoms with Crippen molar-refractivity contribution >= 4 is 11.6 Å². The van der Waals surface area contributed by atoms with Gasteiger partial charge < -0.3 is 5.11 Å². The van der Waals surface area contributed by atoms with Crippen LogP contribution in [-0.2, 0) is 6.18 Å². The molecule has 2 rings (SSSR count). The van der Waals surface area contributed by atoms with Crippen LogP contribution in [0, 0.1) is 12.7 Å². The minimum absolute atomic E-state index is 0.0522. The van der Waals surface area contributed by atoms with E-state index < -0.39 is 23.7 Å². The number of aryl methyl sites for hydroxylation is 1. The van der Waals surface area contributed by atoms with Crippen LogP contribution in [0.2, 0.25) is 5.02 Å². The van der Waals surface area contributed by atoms with E-state index in [1.54, 1.807) is 19.1 Å². The highest BCUT2D eigenvalue weighted by Gasteiger charge is 2.34. The molecule has 1 atom stereocenters. The van der Waals surface area contributed by atoms with Gasteiger partial charge in [-0.25, -0.2) is 4.39 Å². The number of aliphatic hydroxyl groups excluding tert-OH is 1. The summed E-state index contributed by atoms with van der Waals surface area (Å²) < 4.78 is 51.2. The largest absolute Gasteiger partial charge is 0.419 e. The minimum atomic E-state index is -4.81. The van der Waals surface area contributed by atoms with Crippen LogP contribution >= 0.6 is 11.6 Å². The van der Waals surface area contributed by atoms with Crippen LogP contribution in [0.3, 0.4) is 0 Å². The van der Waals surface area contributed by atoms with E-state index in [1.165, 1.54) is 6.07 Å². The molecule has 0 saturated heterocycles. The fourth-order valence-corrected chi connectivity index (χ4v) is 2.09. The van der Waals surface area contributed by atoms with E-state index in [1.807, 2.05) is 0 Å². The monoisotopic (exact) mass is 318 g/mol. The van der Waals surface area contributed by atoms with Crippen molar-refractivity contribution in [2.75, 3.05) is 0 Å². The Hall–Kier alpha value is -1.59. The van der Waals surface area contributed by atoms with Crippen LogP contribution < -0.4 is 0 Å². The third-order valence-electron chi connectivity index (χ3n) is 3.12. The molecule has 2 aromatic rings. The summed E-state index contributed by atoms with van der Waals surface area (Å²) in [4.78, 5) is 0. The molecule has 0 radical (unpaired) electrons. The first-order valence-corrected chi connectivity index (χ1v) is 6.38. The van der Waals surface area contributed by atoms with Crippen LogP contribution in [0.5, 0.6) is 0 Å². The average Bonchev–Trinajstić information content (AvgIpc) is 2.40. The fourth-order valence-electron chi connectivity index (χ4n) is 1.90. The second-order valence-electron chi connectivity index (χ2n) is 4.65. The van der Waals surface area contributed by atoms with Crippen LogP contribution in [0.15, 0.2) is 36.4 Å². The molecule has 0 aromatic heterocycles. The maximum absolute atomic E-state index is 13.2. The van der Waals surface area contributed by atoms with E-state index in [0.717, 1.165) is 11.6 Å². The average molecular weight is 319 g/mol. The van der Waals surface area contributed by atoms with E-state index in [0.29, 0.717) is 22.7 Å². The Balaban J connectivity index is 2.44. The van der Waals surface area contributed by atoms with Gasteiger partial charge in [0, 0.05) is 5.02 Å². The van der Waals surface area contributed by atoms with E-state index in [-0.39, 0.29) is 5.56 Å². The van der Waals surface area contributed by atoms with Gasteiger partial charge in [-0.3, -0.25) is 0 Å². The van der Waals surface area contributed by atoms with Gasteiger partial charge in [0.05, 0.1) is 5.56 Å². The fraction of sp³-hybridized carbons (Fsp3) is 0.200. The minimum Gasteiger partial charge on any atom is -0.384 e. The molecule has 1 N–H and O–H groups in total. The van der Waals surface area contributed by atoms with Crippen molar-refractivity contribution in [3.05, 3.63) is 69.5 Å². The maximum atomic E-state index is 13.2. The lowest BCUT2D eigenvalue weighted by molar-refractivity contribution is -0.140. The number of benzene rings is 2. The quantitative estimate of drug-likeness (QED) is 0.782. The first-order chi connectivity index (χ1) is 9.70. The van der Waals surface area contributed by atoms with Crippen molar-refractivity contribution in [2.45, 2.75) is 19.2 Å². The van der Waals surface area contributed by atoms with Gasteiger partial charge in [0.25, 0.3) is 0 Å². The predicted molar refractivity (Wildman–Crippen MR) is 71.7 cm³/mol. The SMILES string of the molecule is Cc1ccc(C(O)c2ccc(F)c(C(F)(F)F)c2)cc1Cl. The van der Waals surface area contributed by atoms with E-state index in [9.17, 15) is 22.7 Å². The molecule has 1 unspecified atom stereocenters. The highest BCUT2D eigenvalue weighted by Crippen LogP contribution is 2.34. The summed E-state index contributed by atoms with van der Waals surface area (Å²) in [5, 5.41) is 10.5. The Kier molecular flexibility index (Phi) is 4.25. The summed E-state index contributed by atoms with van der Waals surface area (Å²) in [6, 6.07) is 7.09. The third kappa shape index (κ3) is 3.36. The van der Waals surface area contributed by atoms with Gasteiger partial charge in [-0.2, -0.15) is 13.2 Å². The zero-order valence-electron chi connectivity index (χ0n) is 10.9. The standard InChI is InChI=1S/C15H11ClF4O/c1-8-2-3-10(7-12(8)16)14(21)9-4-5-13(17)11(6-9)15(18,19)20/h2-7,14,21H,1H3. The van der Waals surface area contributed by atoms with Gasteiger partial charge >= 0.3 is 6.18 Å². The van der Waals surface area contributed by atoms with Gasteiger partial charge in [0.15, 0.2) is 0 Å². The van der Waals surface area contributed by atoms with Crippen molar-refractivity contribution in [2.24, 2.45) is 0 Å². The normalized spacial score (nSPS) is 13.3.